The van der Waals surface area contributed by atoms with Crippen molar-refractivity contribution in [1.29, 1.82) is 0 Å². The Kier molecular flexibility index (Phi) is 8.78. The summed E-state index contributed by atoms with van der Waals surface area (Å²) < 4.78 is 1.63. The summed E-state index contributed by atoms with van der Waals surface area (Å²) in [5.74, 6) is 0.856. The summed E-state index contributed by atoms with van der Waals surface area (Å²) in [5.41, 5.74) is 4.97. The zero-order valence-corrected chi connectivity index (χ0v) is 23.1. The second-order valence-corrected chi connectivity index (χ2v) is 17.0. The molecule has 0 amide bonds. The minimum atomic E-state index is -0.210. The van der Waals surface area contributed by atoms with Crippen LogP contribution in [-0.4, -0.2) is 10.3 Å². The summed E-state index contributed by atoms with van der Waals surface area (Å²) in [6.45, 7) is 14.9. The van der Waals surface area contributed by atoms with Crippen molar-refractivity contribution in [2.45, 2.75) is 79.6 Å². The van der Waals surface area contributed by atoms with Gasteiger partial charge in [-0.3, -0.25) is 0 Å². The van der Waals surface area contributed by atoms with Gasteiger partial charge in [-0.1, -0.05) is 0 Å². The van der Waals surface area contributed by atoms with Gasteiger partial charge in [-0.25, -0.2) is 0 Å². The molecular formula is C26H35Cl2PTi. The number of benzene rings is 1. The molecule has 3 atom stereocenters. The predicted molar refractivity (Wildman–Crippen MR) is 122 cm³/mol. The smallest absolute Gasteiger partial charge is 1.00 e. The Morgan fingerprint density at radius 2 is 1.60 bits per heavy atom. The van der Waals surface area contributed by atoms with E-state index in [9.17, 15) is 0 Å². The number of halogens is 2. The molecule has 162 valence electrons. The van der Waals surface area contributed by atoms with Crippen LogP contribution in [0.4, 0.5) is 0 Å². The van der Waals surface area contributed by atoms with Gasteiger partial charge in [-0.15, -0.1) is 0 Å². The Bertz CT molecular complexity index is 827. The molecule has 0 saturated heterocycles. The first-order chi connectivity index (χ1) is 13.2. The van der Waals surface area contributed by atoms with E-state index in [-0.39, 0.29) is 51.9 Å². The molecule has 30 heavy (non-hydrogen) atoms. The van der Waals surface area contributed by atoms with Gasteiger partial charge in [0.05, 0.1) is 0 Å². The van der Waals surface area contributed by atoms with Crippen molar-refractivity contribution in [3.63, 3.8) is 0 Å². The van der Waals surface area contributed by atoms with Crippen LogP contribution in [-0.2, 0) is 19.2 Å². The molecule has 0 heterocycles. The standard InChI is InChI=1S/C17H24P.C9H11.2ClH.Ti/c1-16(2,3)18(17(4,5)6)15-11-13-9-7-8-10-14(13)12-15;1-2-5-9-7-3-6-8(9)4-1;;;/h7-12H,1-6H3;1-2,4,6,9H,3,5,7H2;2*1H;/q;;;;+2/p-2. The van der Waals surface area contributed by atoms with Crippen LogP contribution in [0.15, 0.2) is 53.4 Å². The molecule has 4 rings (SSSR count). The quantitative estimate of drug-likeness (QED) is 0.445. The van der Waals surface area contributed by atoms with E-state index < -0.39 is 0 Å². The van der Waals surface area contributed by atoms with E-state index >= 15 is 0 Å². The molecule has 0 spiro atoms. The van der Waals surface area contributed by atoms with E-state index in [1.54, 1.807) is 5.56 Å². The van der Waals surface area contributed by atoms with Crippen molar-refractivity contribution >= 4 is 14.0 Å². The summed E-state index contributed by atoms with van der Waals surface area (Å²) in [6, 6.07) is 9.30. The van der Waals surface area contributed by atoms with Gasteiger partial charge >= 0.3 is 183 Å². The van der Waals surface area contributed by atoms with Gasteiger partial charge in [-0.2, -0.15) is 0 Å². The number of hydrogen-bond donors (Lipinski definition) is 0. The first-order valence-corrected chi connectivity index (χ1v) is 14.0. The normalized spacial score (nSPS) is 24.8. The van der Waals surface area contributed by atoms with Crippen LogP contribution in [0.2, 0.25) is 4.22 Å². The molecule has 3 unspecified atom stereocenters. The van der Waals surface area contributed by atoms with Crippen LogP contribution in [0.25, 0.3) is 6.08 Å². The SMILES string of the molecule is CC(C)(C)P(C1=Cc2ccccc2[CH]1[Ti+2][CH]1CCC2CC=CC=C21)C(C)(C)C.[Cl-].[Cl-]. The van der Waals surface area contributed by atoms with Gasteiger partial charge in [0.25, 0.3) is 0 Å². The Balaban J connectivity index is 0.00000160. The number of rotatable bonds is 3. The fraction of sp³-hybridized carbons (Fsp3) is 0.538. The first-order valence-electron chi connectivity index (χ1n) is 10.9. The van der Waals surface area contributed by atoms with E-state index in [0.717, 1.165) is 14.4 Å². The Morgan fingerprint density at radius 3 is 2.27 bits per heavy atom. The fourth-order valence-corrected chi connectivity index (χ4v) is 13.9. The Morgan fingerprint density at radius 1 is 0.933 bits per heavy atom. The average Bonchev–Trinajstić information content (AvgIpc) is 3.15. The number of hydrogen-bond acceptors (Lipinski definition) is 0. The van der Waals surface area contributed by atoms with E-state index in [1.807, 2.05) is 10.9 Å². The number of fused-ring (bicyclic) bond motifs is 2. The molecule has 3 aliphatic carbocycles. The average molecular weight is 497 g/mol. The van der Waals surface area contributed by atoms with Crippen molar-refractivity contribution in [1.82, 2.24) is 0 Å². The molecule has 0 nitrogen and oxygen atoms in total. The van der Waals surface area contributed by atoms with Gasteiger partial charge in [0.2, 0.25) is 0 Å². The second kappa shape index (κ2) is 9.97. The molecule has 4 heteroatoms. The summed E-state index contributed by atoms with van der Waals surface area (Å²) in [4.78, 5) is 0. The van der Waals surface area contributed by atoms with Gasteiger partial charge in [0.15, 0.2) is 0 Å². The fourth-order valence-electron chi connectivity index (χ4n) is 5.75. The summed E-state index contributed by atoms with van der Waals surface area (Å²) >= 11 is -0.113. The molecule has 1 fully saturated rings. The minimum absolute atomic E-state index is 0. The molecule has 1 aromatic rings. The maximum absolute atomic E-state index is 2.62. The molecule has 1 aromatic carbocycles. The van der Waals surface area contributed by atoms with Crippen LogP contribution in [0.1, 0.15) is 76.2 Å². The third-order valence-electron chi connectivity index (χ3n) is 6.40. The third-order valence-corrected chi connectivity index (χ3v) is 13.5. The van der Waals surface area contributed by atoms with Crippen molar-refractivity contribution in [3.05, 3.63) is 64.5 Å². The molecule has 1 saturated carbocycles. The summed E-state index contributed by atoms with van der Waals surface area (Å²) in [5, 5.41) is 2.50. The maximum atomic E-state index is 2.62. The molecule has 0 radical (unpaired) electrons. The first kappa shape index (κ1) is 26.4. The van der Waals surface area contributed by atoms with Crippen LogP contribution in [0.3, 0.4) is 0 Å². The van der Waals surface area contributed by atoms with E-state index in [4.69, 9.17) is 0 Å². The van der Waals surface area contributed by atoms with Gasteiger partial charge in [0.1, 0.15) is 0 Å². The van der Waals surface area contributed by atoms with Crippen molar-refractivity contribution in [3.8, 4) is 0 Å². The second-order valence-electron chi connectivity index (χ2n) is 10.6. The van der Waals surface area contributed by atoms with Crippen molar-refractivity contribution < 1.29 is 44.0 Å². The topological polar surface area (TPSA) is 0 Å². The Labute approximate surface area is 207 Å². The predicted octanol–water partition coefficient (Wildman–Crippen LogP) is 2.34. The van der Waals surface area contributed by atoms with Gasteiger partial charge in [-0.05, 0) is 0 Å². The Hall–Kier alpha value is 0.164. The molecule has 0 aliphatic heterocycles. The zero-order valence-electron chi connectivity index (χ0n) is 19.2. The van der Waals surface area contributed by atoms with Crippen LogP contribution < -0.4 is 24.8 Å². The van der Waals surface area contributed by atoms with E-state index in [0.29, 0.717) is 10.3 Å². The maximum Gasteiger partial charge on any atom is -1.00 e. The third kappa shape index (κ3) is 5.21. The van der Waals surface area contributed by atoms with Gasteiger partial charge < -0.3 is 24.8 Å². The molecule has 0 N–H and O–H groups in total. The van der Waals surface area contributed by atoms with Crippen LogP contribution >= 0.6 is 7.92 Å². The molecule has 0 bridgehead atoms. The monoisotopic (exact) mass is 496 g/mol. The number of allylic oxidation sites excluding steroid dienone is 5. The van der Waals surface area contributed by atoms with E-state index in [2.05, 4.69) is 90.1 Å². The summed E-state index contributed by atoms with van der Waals surface area (Å²) in [6.07, 6.45) is 14.0. The van der Waals surface area contributed by atoms with Gasteiger partial charge in [0, 0.05) is 0 Å². The van der Waals surface area contributed by atoms with Crippen LogP contribution in [0.5, 0.6) is 0 Å². The zero-order chi connectivity index (χ0) is 20.1. The van der Waals surface area contributed by atoms with Crippen molar-refractivity contribution in [2.75, 3.05) is 0 Å². The molecule has 3 aliphatic rings. The largest absolute Gasteiger partial charge is 1.00 e. The van der Waals surface area contributed by atoms with E-state index in [1.165, 1.54) is 24.8 Å². The molecular weight excluding hydrogens is 462 g/mol. The van der Waals surface area contributed by atoms with Crippen molar-refractivity contribution in [2.24, 2.45) is 5.92 Å². The molecule has 0 aromatic heterocycles. The van der Waals surface area contributed by atoms with Crippen LogP contribution in [0, 0.1) is 5.92 Å². The minimum Gasteiger partial charge on any atom is -1.00 e. The summed E-state index contributed by atoms with van der Waals surface area (Å²) in [7, 11) is -0.210.